The van der Waals surface area contributed by atoms with Gasteiger partial charge in [-0.1, -0.05) is 0 Å². The molecule has 12 heavy (non-hydrogen) atoms. The van der Waals surface area contributed by atoms with Gasteiger partial charge >= 0.3 is 12.1 Å². The number of aliphatic carboxylic acids is 1. The van der Waals surface area contributed by atoms with Crippen molar-refractivity contribution in [1.82, 2.24) is 0 Å². The minimum absolute atomic E-state index is 0.622. The third-order valence-corrected chi connectivity index (χ3v) is 0.564. The molecule has 4 nitrogen and oxygen atoms in total. The first kappa shape index (κ1) is 13.7. The summed E-state index contributed by atoms with van der Waals surface area (Å²) in [5, 5.41) is 7.12. The van der Waals surface area contributed by atoms with Crippen LogP contribution in [0.5, 0.6) is 0 Å². The lowest BCUT2D eigenvalue weighted by molar-refractivity contribution is -0.192. The van der Waals surface area contributed by atoms with Crippen molar-refractivity contribution in [2.75, 3.05) is 20.3 Å². The Morgan fingerprint density at radius 2 is 1.92 bits per heavy atom. The molecule has 0 heterocycles. The molecular weight excluding hydrogens is 179 g/mol. The Hall–Kier alpha value is -0.820. The highest BCUT2D eigenvalue weighted by Gasteiger charge is 2.38. The molecule has 0 amide bonds. The van der Waals surface area contributed by atoms with Crippen molar-refractivity contribution < 1.29 is 27.8 Å². The molecule has 0 aliphatic heterocycles. The average molecular weight is 189 g/mol. The Kier molecular flexibility index (Phi) is 7.86. The molecule has 74 valence electrons. The first-order valence-electron chi connectivity index (χ1n) is 2.85. The number of rotatable bonds is 2. The molecule has 0 spiro atoms. The van der Waals surface area contributed by atoms with Crippen LogP contribution in [0.1, 0.15) is 0 Å². The van der Waals surface area contributed by atoms with Gasteiger partial charge in [-0.3, -0.25) is 0 Å². The quantitative estimate of drug-likeness (QED) is 0.651. The van der Waals surface area contributed by atoms with Gasteiger partial charge in [0, 0.05) is 13.7 Å². The van der Waals surface area contributed by atoms with Gasteiger partial charge in [-0.15, -0.1) is 0 Å². The van der Waals surface area contributed by atoms with E-state index in [9.17, 15) is 13.2 Å². The number of carboxylic acids is 1. The van der Waals surface area contributed by atoms with Crippen molar-refractivity contribution in [2.24, 2.45) is 5.73 Å². The van der Waals surface area contributed by atoms with Crippen LogP contribution in [0.15, 0.2) is 0 Å². The van der Waals surface area contributed by atoms with Crippen LogP contribution in [0.25, 0.3) is 0 Å². The van der Waals surface area contributed by atoms with E-state index in [-0.39, 0.29) is 0 Å². The second-order valence-electron chi connectivity index (χ2n) is 1.58. The first-order chi connectivity index (χ1) is 5.36. The van der Waals surface area contributed by atoms with E-state index in [1.165, 1.54) is 0 Å². The molecule has 0 fully saturated rings. The van der Waals surface area contributed by atoms with Crippen molar-refractivity contribution in [3.05, 3.63) is 0 Å². The van der Waals surface area contributed by atoms with Crippen LogP contribution >= 0.6 is 0 Å². The molecule has 0 aromatic carbocycles. The summed E-state index contributed by atoms with van der Waals surface area (Å²) in [4.78, 5) is 8.90. The average Bonchev–Trinajstić information content (AvgIpc) is 1.88. The molecule has 0 rings (SSSR count). The minimum Gasteiger partial charge on any atom is -0.475 e. The molecule has 0 aromatic rings. The molecular formula is C5H10F3NO3. The lowest BCUT2D eigenvalue weighted by Gasteiger charge is -1.93. The van der Waals surface area contributed by atoms with Crippen LogP contribution in [0.4, 0.5) is 13.2 Å². The van der Waals surface area contributed by atoms with E-state index in [4.69, 9.17) is 15.6 Å². The Balaban J connectivity index is 0. The number of hydrogen-bond acceptors (Lipinski definition) is 3. The molecule has 0 atom stereocenters. The Bertz CT molecular complexity index is 124. The van der Waals surface area contributed by atoms with Crippen LogP contribution in [0.2, 0.25) is 0 Å². The summed E-state index contributed by atoms with van der Waals surface area (Å²) in [6.07, 6.45) is -5.08. The predicted molar refractivity (Wildman–Crippen MR) is 34.6 cm³/mol. The van der Waals surface area contributed by atoms with Crippen LogP contribution in [-0.2, 0) is 9.53 Å². The van der Waals surface area contributed by atoms with Gasteiger partial charge in [0.2, 0.25) is 0 Å². The van der Waals surface area contributed by atoms with Crippen LogP contribution in [0.3, 0.4) is 0 Å². The van der Waals surface area contributed by atoms with E-state index in [1.807, 2.05) is 0 Å². The van der Waals surface area contributed by atoms with Gasteiger partial charge in [0.05, 0.1) is 6.61 Å². The fraction of sp³-hybridized carbons (Fsp3) is 0.800. The maximum Gasteiger partial charge on any atom is 0.490 e. The van der Waals surface area contributed by atoms with Gasteiger partial charge in [0.1, 0.15) is 0 Å². The lowest BCUT2D eigenvalue weighted by Crippen LogP contribution is -2.21. The van der Waals surface area contributed by atoms with E-state index in [0.29, 0.717) is 13.2 Å². The zero-order valence-corrected chi connectivity index (χ0v) is 6.39. The monoisotopic (exact) mass is 189 g/mol. The van der Waals surface area contributed by atoms with Crippen molar-refractivity contribution in [3.63, 3.8) is 0 Å². The highest BCUT2D eigenvalue weighted by molar-refractivity contribution is 5.73. The van der Waals surface area contributed by atoms with Gasteiger partial charge in [-0.05, 0) is 0 Å². The fourth-order valence-electron chi connectivity index (χ4n) is 0.118. The number of carboxylic acid groups (broad SMARTS) is 1. The summed E-state index contributed by atoms with van der Waals surface area (Å²) >= 11 is 0. The second-order valence-corrected chi connectivity index (χ2v) is 1.58. The SMILES string of the molecule is COCCN.O=C(O)C(F)(F)F. The molecule has 3 N–H and O–H groups in total. The fourth-order valence-corrected chi connectivity index (χ4v) is 0.118. The van der Waals surface area contributed by atoms with Crippen LogP contribution < -0.4 is 5.73 Å². The Morgan fingerprint density at radius 3 is 1.92 bits per heavy atom. The van der Waals surface area contributed by atoms with Crippen molar-refractivity contribution in [1.29, 1.82) is 0 Å². The highest BCUT2D eigenvalue weighted by Crippen LogP contribution is 2.13. The van der Waals surface area contributed by atoms with Gasteiger partial charge in [-0.25, -0.2) is 4.79 Å². The summed E-state index contributed by atoms with van der Waals surface area (Å²) in [6, 6.07) is 0. The van der Waals surface area contributed by atoms with Crippen LogP contribution in [0, 0.1) is 0 Å². The lowest BCUT2D eigenvalue weighted by atomic mass is 10.7. The predicted octanol–water partition coefficient (Wildman–Crippen LogP) is 0.225. The van der Waals surface area contributed by atoms with Crippen LogP contribution in [-0.4, -0.2) is 37.5 Å². The molecule has 0 bridgehead atoms. The normalized spacial score (nSPS) is 10.1. The number of alkyl halides is 3. The van der Waals surface area contributed by atoms with E-state index < -0.39 is 12.1 Å². The number of ether oxygens (including phenoxy) is 1. The Labute approximate surface area is 67.1 Å². The largest absolute Gasteiger partial charge is 0.490 e. The third-order valence-electron chi connectivity index (χ3n) is 0.564. The molecule has 7 heteroatoms. The van der Waals surface area contributed by atoms with Crippen molar-refractivity contribution >= 4 is 5.97 Å². The summed E-state index contributed by atoms with van der Waals surface area (Å²) in [5.74, 6) is -2.76. The molecule has 0 aliphatic rings. The maximum absolute atomic E-state index is 10.6. The summed E-state index contributed by atoms with van der Waals surface area (Å²) in [7, 11) is 1.63. The number of nitrogens with two attached hydrogens (primary N) is 1. The van der Waals surface area contributed by atoms with Crippen molar-refractivity contribution in [3.8, 4) is 0 Å². The minimum atomic E-state index is -5.08. The third kappa shape index (κ3) is 11.9. The van der Waals surface area contributed by atoms with E-state index in [2.05, 4.69) is 4.74 Å². The summed E-state index contributed by atoms with van der Waals surface area (Å²) in [6.45, 7) is 1.29. The summed E-state index contributed by atoms with van der Waals surface area (Å²) < 4.78 is 36.3. The topological polar surface area (TPSA) is 72.5 Å². The molecule has 0 saturated carbocycles. The molecule has 0 aliphatic carbocycles. The standard InChI is InChI=1S/C3H9NO.C2HF3O2/c1-5-3-2-4;3-2(4,5)1(6)7/h2-4H2,1H3;(H,6,7). The molecule has 0 aromatic heterocycles. The molecule has 0 saturated heterocycles. The van der Waals surface area contributed by atoms with Gasteiger partial charge < -0.3 is 15.6 Å². The van der Waals surface area contributed by atoms with E-state index >= 15 is 0 Å². The molecule has 0 radical (unpaired) electrons. The second kappa shape index (κ2) is 6.86. The first-order valence-corrected chi connectivity index (χ1v) is 2.85. The molecule has 0 unspecified atom stereocenters. The zero-order chi connectivity index (χ0) is 10.2. The zero-order valence-electron chi connectivity index (χ0n) is 6.39. The number of carbonyl (C=O) groups is 1. The van der Waals surface area contributed by atoms with Gasteiger partial charge in [-0.2, -0.15) is 13.2 Å². The highest BCUT2D eigenvalue weighted by atomic mass is 19.4. The van der Waals surface area contributed by atoms with E-state index in [1.54, 1.807) is 7.11 Å². The van der Waals surface area contributed by atoms with Gasteiger partial charge in [0.25, 0.3) is 0 Å². The Morgan fingerprint density at radius 1 is 1.58 bits per heavy atom. The van der Waals surface area contributed by atoms with E-state index in [0.717, 1.165) is 0 Å². The number of halogens is 3. The number of hydrogen-bond donors (Lipinski definition) is 2. The number of methoxy groups -OCH3 is 1. The smallest absolute Gasteiger partial charge is 0.475 e. The maximum atomic E-state index is 10.6. The van der Waals surface area contributed by atoms with Gasteiger partial charge in [0.15, 0.2) is 0 Å². The summed E-state index contributed by atoms with van der Waals surface area (Å²) in [5.41, 5.74) is 5.01. The van der Waals surface area contributed by atoms with Crippen molar-refractivity contribution in [2.45, 2.75) is 6.18 Å².